The number of carbonyl (C=O) groups is 2. The van der Waals surface area contributed by atoms with Crippen LogP contribution in [0.1, 0.15) is 73.8 Å². The largest absolute Gasteiger partial charge is 0.494 e. The lowest BCUT2D eigenvalue weighted by atomic mass is 9.79. The van der Waals surface area contributed by atoms with Gasteiger partial charge in [-0.3, -0.25) is 4.79 Å². The minimum absolute atomic E-state index is 0.243. The zero-order valence-electron chi connectivity index (χ0n) is 25.1. The fraction of sp³-hybridized carbons (Fsp3) is 0.297. The van der Waals surface area contributed by atoms with E-state index in [0.29, 0.717) is 29.5 Å². The Kier molecular flexibility index (Phi) is 11.4. The van der Waals surface area contributed by atoms with E-state index in [1.54, 1.807) is 6.07 Å². The van der Waals surface area contributed by atoms with E-state index in [9.17, 15) is 9.59 Å². The molecule has 0 radical (unpaired) electrons. The van der Waals surface area contributed by atoms with Gasteiger partial charge in [0, 0.05) is 28.1 Å². The van der Waals surface area contributed by atoms with Crippen LogP contribution >= 0.6 is 11.6 Å². The van der Waals surface area contributed by atoms with Gasteiger partial charge in [0.15, 0.2) is 5.60 Å². The fourth-order valence-corrected chi connectivity index (χ4v) is 5.43. The van der Waals surface area contributed by atoms with Gasteiger partial charge in [-0.25, -0.2) is 4.79 Å². The number of hydrogen-bond acceptors (Lipinski definition) is 4. The molecule has 0 aromatic heterocycles. The molecule has 1 unspecified atom stereocenters. The molecular weight excluding hydrogens is 558 g/mol. The zero-order chi connectivity index (χ0) is 30.7. The highest BCUT2D eigenvalue weighted by Gasteiger charge is 2.43. The smallest absolute Gasteiger partial charge is 0.330 e. The molecule has 5 nitrogen and oxygen atoms in total. The predicted molar refractivity (Wildman–Crippen MR) is 173 cm³/mol. The molecule has 0 saturated heterocycles. The number of esters is 1. The summed E-state index contributed by atoms with van der Waals surface area (Å²) in [4.78, 5) is 25.8. The summed E-state index contributed by atoms with van der Waals surface area (Å²) in [5.74, 6) is 0.570. The second-order valence-corrected chi connectivity index (χ2v) is 11.2. The van der Waals surface area contributed by atoms with Crippen molar-refractivity contribution in [3.8, 4) is 5.75 Å². The Bertz CT molecular complexity index is 1460. The molecule has 4 aromatic carbocycles. The van der Waals surface area contributed by atoms with Crippen LogP contribution in [0, 0.1) is 0 Å². The van der Waals surface area contributed by atoms with Crippen LogP contribution in [0.4, 0.5) is 0 Å². The molecule has 0 heterocycles. The summed E-state index contributed by atoms with van der Waals surface area (Å²) in [7, 11) is 0. The highest BCUT2D eigenvalue weighted by molar-refractivity contribution is 6.31. The number of nitrogens with one attached hydrogen (secondary N) is 1. The number of rotatable bonds is 15. The van der Waals surface area contributed by atoms with E-state index in [2.05, 4.69) is 38.2 Å². The Morgan fingerprint density at radius 2 is 1.53 bits per heavy atom. The first-order chi connectivity index (χ1) is 20.9. The van der Waals surface area contributed by atoms with E-state index in [1.807, 2.05) is 84.9 Å². The lowest BCUT2D eigenvalue weighted by Crippen LogP contribution is -2.45. The molecular formula is C37H40ClNO4. The molecule has 3 atom stereocenters. The van der Waals surface area contributed by atoms with Crippen molar-refractivity contribution >= 4 is 24.0 Å². The average molecular weight is 598 g/mol. The van der Waals surface area contributed by atoms with Gasteiger partial charge < -0.3 is 14.8 Å². The van der Waals surface area contributed by atoms with Crippen molar-refractivity contribution in [1.29, 1.82) is 0 Å². The molecule has 0 saturated carbocycles. The Morgan fingerprint density at radius 1 is 0.884 bits per heavy atom. The summed E-state index contributed by atoms with van der Waals surface area (Å²) < 4.78 is 12.4. The van der Waals surface area contributed by atoms with Gasteiger partial charge in [-0.15, -0.1) is 0 Å². The van der Waals surface area contributed by atoms with Gasteiger partial charge in [-0.05, 0) is 48.1 Å². The SMILES string of the molecule is CCCCOc1ccc(C[C@H](NC=O)C(=O)OC(c2ccccc2)(c2ccc([C@@H](C)CC)cc2)c2ccccc2Cl)cc1. The van der Waals surface area contributed by atoms with Crippen molar-refractivity contribution < 1.29 is 19.1 Å². The first-order valence-electron chi connectivity index (χ1n) is 15.0. The summed E-state index contributed by atoms with van der Waals surface area (Å²) >= 11 is 6.85. The molecule has 224 valence electrons. The first kappa shape index (κ1) is 31.8. The van der Waals surface area contributed by atoms with Crippen LogP contribution in [-0.2, 0) is 26.3 Å². The van der Waals surface area contributed by atoms with Crippen molar-refractivity contribution in [1.82, 2.24) is 5.32 Å². The third-order valence-electron chi connectivity index (χ3n) is 7.87. The van der Waals surface area contributed by atoms with E-state index >= 15 is 0 Å². The molecule has 6 heteroatoms. The molecule has 0 aliphatic carbocycles. The second kappa shape index (κ2) is 15.4. The molecule has 0 aliphatic rings. The summed E-state index contributed by atoms with van der Waals surface area (Å²) in [5, 5.41) is 3.15. The van der Waals surface area contributed by atoms with Crippen LogP contribution in [0.5, 0.6) is 5.75 Å². The quantitative estimate of drug-likeness (QED) is 0.0649. The maximum Gasteiger partial charge on any atom is 0.330 e. The van der Waals surface area contributed by atoms with Crippen molar-refractivity contribution in [2.24, 2.45) is 0 Å². The van der Waals surface area contributed by atoms with Gasteiger partial charge in [-0.2, -0.15) is 0 Å². The third kappa shape index (κ3) is 7.66. The number of unbranched alkanes of at least 4 members (excludes halogenated alkanes) is 1. The number of hydrogen-bond donors (Lipinski definition) is 1. The molecule has 1 amide bonds. The molecule has 0 aliphatic heterocycles. The summed E-state index contributed by atoms with van der Waals surface area (Å²) in [6.45, 7) is 7.12. The second-order valence-electron chi connectivity index (χ2n) is 10.8. The van der Waals surface area contributed by atoms with Crippen LogP contribution in [0.3, 0.4) is 0 Å². The van der Waals surface area contributed by atoms with Crippen molar-refractivity contribution in [3.63, 3.8) is 0 Å². The predicted octanol–water partition coefficient (Wildman–Crippen LogP) is 8.22. The normalized spacial score (nSPS) is 13.8. The Morgan fingerprint density at radius 3 is 2.16 bits per heavy atom. The maximum atomic E-state index is 14.1. The number of halogens is 1. The monoisotopic (exact) mass is 597 g/mol. The van der Waals surface area contributed by atoms with Gasteiger partial charge >= 0.3 is 5.97 Å². The van der Waals surface area contributed by atoms with Crippen molar-refractivity contribution in [3.05, 3.63) is 136 Å². The van der Waals surface area contributed by atoms with Crippen LogP contribution < -0.4 is 10.1 Å². The van der Waals surface area contributed by atoms with Gasteiger partial charge in [0.05, 0.1) is 6.61 Å². The fourth-order valence-electron chi connectivity index (χ4n) is 5.16. The zero-order valence-corrected chi connectivity index (χ0v) is 25.8. The van der Waals surface area contributed by atoms with E-state index in [4.69, 9.17) is 21.1 Å². The van der Waals surface area contributed by atoms with Gasteiger partial charge in [-0.1, -0.05) is 124 Å². The van der Waals surface area contributed by atoms with E-state index < -0.39 is 17.6 Å². The van der Waals surface area contributed by atoms with Gasteiger partial charge in [0.25, 0.3) is 0 Å². The summed E-state index contributed by atoms with van der Waals surface area (Å²) in [5.41, 5.74) is 2.81. The Labute approximate surface area is 260 Å². The van der Waals surface area contributed by atoms with Crippen molar-refractivity contribution in [2.75, 3.05) is 6.61 Å². The number of ether oxygens (including phenoxy) is 2. The number of carbonyl (C=O) groups excluding carboxylic acids is 2. The lowest BCUT2D eigenvalue weighted by molar-refractivity contribution is -0.156. The van der Waals surface area contributed by atoms with E-state index in [0.717, 1.165) is 41.7 Å². The first-order valence-corrected chi connectivity index (χ1v) is 15.4. The minimum atomic E-state index is -1.37. The van der Waals surface area contributed by atoms with Crippen LogP contribution in [0.15, 0.2) is 103 Å². The molecule has 0 spiro atoms. The average Bonchev–Trinajstić information content (AvgIpc) is 3.05. The molecule has 43 heavy (non-hydrogen) atoms. The molecule has 0 bridgehead atoms. The van der Waals surface area contributed by atoms with Gasteiger partial charge in [0.2, 0.25) is 6.41 Å². The number of amides is 1. The maximum absolute atomic E-state index is 14.1. The highest BCUT2D eigenvalue weighted by Crippen LogP contribution is 2.44. The standard InChI is InChI=1S/C37H40ClNO4/c1-4-6-24-42-32-22-16-28(17-23-32)25-35(39-26-40)36(41)43-37(30-12-8-7-9-13-30,33-14-10-11-15-34(33)38)31-20-18-29(19-21-31)27(3)5-2/h7-23,26-27,35H,4-6,24-25H2,1-3H3,(H,39,40)/t27-,35-,37?/m0/s1. The Hall–Kier alpha value is -4.09. The van der Waals surface area contributed by atoms with Gasteiger partial charge in [0.1, 0.15) is 11.8 Å². The highest BCUT2D eigenvalue weighted by atomic mass is 35.5. The topological polar surface area (TPSA) is 64.6 Å². The summed E-state index contributed by atoms with van der Waals surface area (Å²) in [6.07, 6.45) is 3.82. The lowest BCUT2D eigenvalue weighted by Gasteiger charge is -2.37. The molecule has 4 rings (SSSR count). The molecule has 1 N–H and O–H groups in total. The molecule has 0 fully saturated rings. The third-order valence-corrected chi connectivity index (χ3v) is 8.20. The summed E-state index contributed by atoms with van der Waals surface area (Å²) in [6, 6.07) is 31.8. The van der Waals surface area contributed by atoms with Crippen LogP contribution in [0.25, 0.3) is 0 Å². The van der Waals surface area contributed by atoms with Crippen molar-refractivity contribution in [2.45, 2.75) is 64.0 Å². The molecule has 4 aromatic rings. The number of benzene rings is 4. The Balaban J connectivity index is 1.76. The van der Waals surface area contributed by atoms with E-state index in [-0.39, 0.29) is 6.42 Å². The van der Waals surface area contributed by atoms with Crippen LogP contribution in [0.2, 0.25) is 5.02 Å². The van der Waals surface area contributed by atoms with Crippen LogP contribution in [-0.4, -0.2) is 25.0 Å². The minimum Gasteiger partial charge on any atom is -0.494 e. The van der Waals surface area contributed by atoms with E-state index in [1.165, 1.54) is 5.56 Å².